The zero-order valence-electron chi connectivity index (χ0n) is 20.2. The minimum Gasteiger partial charge on any atom is -0.497 e. The third kappa shape index (κ3) is 5.13. The van der Waals surface area contributed by atoms with Gasteiger partial charge in [0.25, 0.3) is 0 Å². The van der Waals surface area contributed by atoms with Crippen molar-refractivity contribution >= 4 is 23.4 Å². The van der Waals surface area contributed by atoms with Gasteiger partial charge in [-0.05, 0) is 67.1 Å². The summed E-state index contributed by atoms with van der Waals surface area (Å²) in [5.41, 5.74) is 4.66. The predicted octanol–water partition coefficient (Wildman–Crippen LogP) is 5.90. The van der Waals surface area contributed by atoms with E-state index in [2.05, 4.69) is 18.3 Å². The Morgan fingerprint density at radius 1 is 0.972 bits per heavy atom. The van der Waals surface area contributed by atoms with Crippen LogP contribution in [0.2, 0.25) is 0 Å². The van der Waals surface area contributed by atoms with Gasteiger partial charge in [-0.1, -0.05) is 29.5 Å². The maximum atomic E-state index is 12.7. The van der Waals surface area contributed by atoms with Crippen LogP contribution in [-0.2, 0) is 11.2 Å². The first-order chi connectivity index (χ1) is 17.5. The molecule has 3 aromatic carbocycles. The van der Waals surface area contributed by atoms with Crippen LogP contribution >= 0.6 is 11.8 Å². The van der Waals surface area contributed by atoms with Crippen LogP contribution in [-0.4, -0.2) is 35.8 Å². The highest BCUT2D eigenvalue weighted by Crippen LogP contribution is 2.40. The SMILES string of the molecule is COc1ccc(NC(=O)CSc2nc(-c3ccc(OC)cc3)nc3c2Cc2cc(C)ccc2O3)cc1. The second-order valence-electron chi connectivity index (χ2n) is 8.32. The number of thioether (sulfide) groups is 1. The smallest absolute Gasteiger partial charge is 0.234 e. The third-order valence-corrected chi connectivity index (χ3v) is 6.80. The van der Waals surface area contributed by atoms with E-state index >= 15 is 0 Å². The van der Waals surface area contributed by atoms with E-state index in [1.807, 2.05) is 60.7 Å². The highest BCUT2D eigenvalue weighted by atomic mass is 32.2. The maximum absolute atomic E-state index is 12.7. The number of nitrogens with one attached hydrogen (secondary N) is 1. The van der Waals surface area contributed by atoms with Crippen molar-refractivity contribution in [2.24, 2.45) is 0 Å². The van der Waals surface area contributed by atoms with Crippen LogP contribution in [0.4, 0.5) is 5.69 Å². The van der Waals surface area contributed by atoms with Crippen molar-refractivity contribution in [3.63, 3.8) is 0 Å². The molecule has 1 N–H and O–H groups in total. The van der Waals surface area contributed by atoms with Crippen LogP contribution in [0, 0.1) is 6.92 Å². The lowest BCUT2D eigenvalue weighted by Gasteiger charge is -2.22. The average molecular weight is 500 g/mol. The maximum Gasteiger partial charge on any atom is 0.234 e. The number of aryl methyl sites for hydroxylation is 1. The molecule has 1 aliphatic rings. The molecule has 0 aliphatic carbocycles. The number of amides is 1. The number of fused-ring (bicyclic) bond motifs is 2. The van der Waals surface area contributed by atoms with Crippen molar-refractivity contribution in [2.45, 2.75) is 18.4 Å². The number of hydrogen-bond acceptors (Lipinski definition) is 7. The fraction of sp³-hybridized carbons (Fsp3) is 0.179. The molecule has 7 nitrogen and oxygen atoms in total. The highest BCUT2D eigenvalue weighted by Gasteiger charge is 2.25. The van der Waals surface area contributed by atoms with Gasteiger partial charge in [0, 0.05) is 17.7 Å². The number of anilines is 1. The molecule has 5 rings (SSSR count). The number of carbonyl (C=O) groups is 1. The molecular formula is C28H25N3O4S. The van der Waals surface area contributed by atoms with Gasteiger partial charge in [-0.15, -0.1) is 0 Å². The van der Waals surface area contributed by atoms with Crippen molar-refractivity contribution in [2.75, 3.05) is 25.3 Å². The summed E-state index contributed by atoms with van der Waals surface area (Å²) in [4.78, 5) is 22.3. The Balaban J connectivity index is 1.42. The molecule has 2 heterocycles. The third-order valence-electron chi connectivity index (χ3n) is 5.78. The van der Waals surface area contributed by atoms with E-state index in [-0.39, 0.29) is 11.7 Å². The van der Waals surface area contributed by atoms with Crippen molar-refractivity contribution in [3.05, 3.63) is 83.4 Å². The lowest BCUT2D eigenvalue weighted by atomic mass is 10.0. The van der Waals surface area contributed by atoms with E-state index in [4.69, 9.17) is 24.2 Å². The first-order valence-electron chi connectivity index (χ1n) is 11.4. The number of nitrogens with zero attached hydrogens (tertiary/aromatic N) is 2. The predicted molar refractivity (Wildman–Crippen MR) is 140 cm³/mol. The Morgan fingerprint density at radius 3 is 2.36 bits per heavy atom. The number of aromatic nitrogens is 2. The molecule has 0 bridgehead atoms. The molecule has 182 valence electrons. The van der Waals surface area contributed by atoms with Gasteiger partial charge >= 0.3 is 0 Å². The number of benzene rings is 3. The summed E-state index contributed by atoms with van der Waals surface area (Å²) in [6, 6.07) is 20.9. The van der Waals surface area contributed by atoms with Crippen molar-refractivity contribution in [3.8, 4) is 34.5 Å². The van der Waals surface area contributed by atoms with Crippen LogP contribution in [0.25, 0.3) is 11.4 Å². The quantitative estimate of drug-likeness (QED) is 0.221. The molecule has 36 heavy (non-hydrogen) atoms. The van der Waals surface area contributed by atoms with Gasteiger partial charge in [-0.3, -0.25) is 4.79 Å². The number of ether oxygens (including phenoxy) is 3. The largest absolute Gasteiger partial charge is 0.497 e. The van der Waals surface area contributed by atoms with Crippen LogP contribution in [0.3, 0.4) is 0 Å². The van der Waals surface area contributed by atoms with Crippen molar-refractivity contribution < 1.29 is 19.0 Å². The minimum absolute atomic E-state index is 0.128. The molecule has 0 saturated heterocycles. The Bertz CT molecular complexity index is 1410. The molecule has 0 saturated carbocycles. The van der Waals surface area contributed by atoms with E-state index in [9.17, 15) is 4.79 Å². The Kier molecular flexibility index (Phi) is 6.77. The van der Waals surface area contributed by atoms with E-state index in [1.54, 1.807) is 14.2 Å². The zero-order valence-corrected chi connectivity index (χ0v) is 21.0. The van der Waals surface area contributed by atoms with E-state index in [0.717, 1.165) is 44.5 Å². The summed E-state index contributed by atoms with van der Waals surface area (Å²) >= 11 is 1.37. The van der Waals surface area contributed by atoms with Crippen LogP contribution in [0.5, 0.6) is 23.1 Å². The standard InChI is InChI=1S/C28H25N3O4S/c1-17-4-13-24-19(14-17)15-23-27(35-24)30-26(18-5-9-21(33-2)10-6-18)31-28(23)36-16-25(32)29-20-7-11-22(34-3)12-8-20/h4-14H,15-16H2,1-3H3,(H,29,32). The Hall–Kier alpha value is -4.04. The fourth-order valence-corrected chi connectivity index (χ4v) is 4.74. The second kappa shape index (κ2) is 10.3. The van der Waals surface area contributed by atoms with E-state index < -0.39 is 0 Å². The zero-order chi connectivity index (χ0) is 25.1. The average Bonchev–Trinajstić information content (AvgIpc) is 2.91. The molecule has 1 aliphatic heterocycles. The van der Waals surface area contributed by atoms with Gasteiger partial charge in [0.1, 0.15) is 22.3 Å². The minimum atomic E-state index is -0.128. The molecule has 0 spiro atoms. The van der Waals surface area contributed by atoms with Crippen LogP contribution in [0.1, 0.15) is 16.7 Å². The molecule has 0 radical (unpaired) electrons. The molecular weight excluding hydrogens is 474 g/mol. The van der Waals surface area contributed by atoms with Gasteiger partial charge in [0.15, 0.2) is 5.82 Å². The van der Waals surface area contributed by atoms with Crippen LogP contribution < -0.4 is 19.5 Å². The molecule has 0 atom stereocenters. The fourth-order valence-electron chi connectivity index (χ4n) is 3.91. The summed E-state index contributed by atoms with van der Waals surface area (Å²) in [6.07, 6.45) is 0.637. The molecule has 1 aromatic heterocycles. The second-order valence-corrected chi connectivity index (χ2v) is 9.28. The molecule has 0 unspecified atom stereocenters. The first kappa shape index (κ1) is 23.7. The Labute approximate surface area is 213 Å². The lowest BCUT2D eigenvalue weighted by Crippen LogP contribution is -2.15. The topological polar surface area (TPSA) is 82.6 Å². The highest BCUT2D eigenvalue weighted by molar-refractivity contribution is 8.00. The number of rotatable bonds is 7. The van der Waals surface area contributed by atoms with Crippen molar-refractivity contribution in [1.29, 1.82) is 0 Å². The monoisotopic (exact) mass is 499 g/mol. The van der Waals surface area contributed by atoms with Gasteiger partial charge in [-0.2, -0.15) is 4.98 Å². The summed E-state index contributed by atoms with van der Waals surface area (Å²) in [5.74, 6) is 3.39. The lowest BCUT2D eigenvalue weighted by molar-refractivity contribution is -0.113. The summed E-state index contributed by atoms with van der Waals surface area (Å²) in [7, 11) is 3.24. The van der Waals surface area contributed by atoms with E-state index in [0.29, 0.717) is 23.8 Å². The Morgan fingerprint density at radius 2 is 1.67 bits per heavy atom. The normalized spacial score (nSPS) is 11.6. The number of hydrogen-bond donors (Lipinski definition) is 1. The van der Waals surface area contributed by atoms with E-state index in [1.165, 1.54) is 11.8 Å². The van der Waals surface area contributed by atoms with Crippen molar-refractivity contribution in [1.82, 2.24) is 9.97 Å². The van der Waals surface area contributed by atoms with Crippen LogP contribution in [0.15, 0.2) is 71.8 Å². The van der Waals surface area contributed by atoms with Gasteiger partial charge in [0.05, 0.1) is 25.5 Å². The molecule has 1 amide bonds. The first-order valence-corrected chi connectivity index (χ1v) is 12.4. The molecule has 4 aromatic rings. The molecule has 0 fully saturated rings. The summed E-state index contributed by atoms with van der Waals surface area (Å²) < 4.78 is 16.7. The summed E-state index contributed by atoms with van der Waals surface area (Å²) in [6.45, 7) is 2.05. The van der Waals surface area contributed by atoms with Gasteiger partial charge in [0.2, 0.25) is 11.8 Å². The van der Waals surface area contributed by atoms with Gasteiger partial charge in [-0.25, -0.2) is 4.98 Å². The number of methoxy groups -OCH3 is 2. The van der Waals surface area contributed by atoms with Gasteiger partial charge < -0.3 is 19.5 Å². The number of carbonyl (C=O) groups excluding carboxylic acids is 1. The molecule has 8 heteroatoms. The summed E-state index contributed by atoms with van der Waals surface area (Å²) in [5, 5.41) is 3.65.